The summed E-state index contributed by atoms with van der Waals surface area (Å²) in [5.74, 6) is 2.18. The number of aliphatic hydroxyl groups is 4. The summed E-state index contributed by atoms with van der Waals surface area (Å²) in [6.07, 6.45) is 12.0. The highest BCUT2D eigenvalue weighted by molar-refractivity contribution is 6.04. The summed E-state index contributed by atoms with van der Waals surface area (Å²) in [7, 11) is 0. The third kappa shape index (κ3) is 4.97. The molecule has 11 nitrogen and oxygen atoms in total. The van der Waals surface area contributed by atoms with Gasteiger partial charge < -0.3 is 37.0 Å². The number of nitrogens with two attached hydrogens (primary N) is 2. The molecule has 10 aliphatic carbocycles. The number of carbonyl (C=O) groups is 3. The van der Waals surface area contributed by atoms with Gasteiger partial charge in [0.15, 0.2) is 11.7 Å². The summed E-state index contributed by atoms with van der Waals surface area (Å²) in [5, 5.41) is 64.0. The molecule has 342 valence electrons. The Balaban J connectivity index is 1.25. The number of carbonyl (C=O) groups excluding carboxylic acids is 2. The minimum atomic E-state index is -1.79. The van der Waals surface area contributed by atoms with Crippen molar-refractivity contribution in [1.82, 2.24) is 0 Å². The molecular formula is C54H63N3O8. The zero-order valence-corrected chi connectivity index (χ0v) is 38.0. The quantitative estimate of drug-likeness (QED) is 0.0651. The van der Waals surface area contributed by atoms with E-state index in [4.69, 9.17) is 16.5 Å². The van der Waals surface area contributed by atoms with E-state index >= 15 is 4.79 Å². The van der Waals surface area contributed by atoms with Crippen LogP contribution in [-0.4, -0.2) is 78.0 Å². The minimum absolute atomic E-state index is 0.0402. The summed E-state index contributed by atoms with van der Waals surface area (Å²) in [5.41, 5.74) is 7.11. The van der Waals surface area contributed by atoms with Crippen LogP contribution in [0.25, 0.3) is 6.08 Å². The molecule has 0 radical (unpaired) electrons. The Morgan fingerprint density at radius 3 is 2.42 bits per heavy atom. The lowest BCUT2D eigenvalue weighted by Crippen LogP contribution is -2.73. The molecule has 4 bridgehead atoms. The summed E-state index contributed by atoms with van der Waals surface area (Å²) < 4.78 is 0. The Morgan fingerprint density at radius 1 is 0.892 bits per heavy atom. The minimum Gasteiger partial charge on any atom is -0.478 e. The van der Waals surface area contributed by atoms with Crippen molar-refractivity contribution in [3.8, 4) is 11.8 Å². The third-order valence-corrected chi connectivity index (χ3v) is 20.3. The number of carboxylic acid groups (broad SMARTS) is 1. The number of guanidine groups is 1. The van der Waals surface area contributed by atoms with E-state index in [2.05, 4.69) is 50.0 Å². The standard InChI is InChI=1S/C54H63N3O8/c1-29(45(62)63)34-16-21-51(57-46(55)56)23-22-50-28-52(64)24-25-53(65)38(32-13-12-30-10-6-7-11-31(30)26-32)43-47(2)18-8-5-9-19-54(52)44(53)40(48(43,3)20-17-37(47)59)42(61)35(49(50,54)4)15-14-33(58)27-36(50)39(51)41(34)60/h6-7,10-11,22-26,33,35-36,38-39,41,43,58,60,64-65H,9,12-21,27-28H2,1-4H3,(H,62,63)(H4,55,56,57). The van der Waals surface area contributed by atoms with Crippen LogP contribution in [0, 0.1) is 68.5 Å². The first-order valence-electron chi connectivity index (χ1n) is 24.0. The van der Waals surface area contributed by atoms with Gasteiger partial charge in [0.1, 0.15) is 11.4 Å². The number of aliphatic hydroxyl groups excluding tert-OH is 2. The van der Waals surface area contributed by atoms with Crippen LogP contribution < -0.4 is 11.5 Å². The van der Waals surface area contributed by atoms with Gasteiger partial charge in [-0.25, -0.2) is 9.79 Å². The fourth-order valence-electron chi connectivity index (χ4n) is 17.9. The molecule has 2 spiro atoms. The van der Waals surface area contributed by atoms with E-state index in [9.17, 15) is 35.1 Å². The number of carboxylic acids is 1. The van der Waals surface area contributed by atoms with Gasteiger partial charge in [0.25, 0.3) is 0 Å². The zero-order chi connectivity index (χ0) is 46.1. The van der Waals surface area contributed by atoms with E-state index in [0.717, 1.165) is 17.6 Å². The van der Waals surface area contributed by atoms with Gasteiger partial charge in [0.2, 0.25) is 0 Å². The Kier molecular flexibility index (Phi) is 8.95. The lowest BCUT2D eigenvalue weighted by molar-refractivity contribution is -0.188. The molecule has 4 saturated carbocycles. The fourth-order valence-corrected chi connectivity index (χ4v) is 17.9. The van der Waals surface area contributed by atoms with E-state index < -0.39 is 91.6 Å². The Labute approximate surface area is 380 Å². The molecule has 1 aromatic rings. The highest BCUT2D eigenvalue weighted by atomic mass is 16.4. The number of aryl methyl sites for hydroxylation is 1. The monoisotopic (exact) mass is 881 g/mol. The second-order valence-corrected chi connectivity index (χ2v) is 22.6. The SMILES string of the molecule is CC(C(=O)O)=C1CCC2(N=C(N)N)C=CC34CC5(O)C=CC6(O)C7=C8C(=O)C(CCC(O)CC3C2C1O)C4(C)C75CCC#CCC1(C)C(=O)CCC8(C)C1C6C1=Cc2ccccc2CC1. The molecule has 11 heteroatoms. The molecule has 0 amide bonds. The second-order valence-electron chi connectivity index (χ2n) is 22.6. The van der Waals surface area contributed by atoms with E-state index in [1.165, 1.54) is 12.5 Å². The van der Waals surface area contributed by atoms with Crippen LogP contribution in [0.3, 0.4) is 0 Å². The molecule has 10 aliphatic rings. The number of hydrogen-bond donors (Lipinski definition) is 7. The van der Waals surface area contributed by atoms with Crippen LogP contribution in [0.2, 0.25) is 0 Å². The number of aliphatic imine (C=N–C) groups is 1. The van der Waals surface area contributed by atoms with Crippen molar-refractivity contribution in [2.24, 2.45) is 73.1 Å². The molecule has 15 atom stereocenters. The van der Waals surface area contributed by atoms with Crippen molar-refractivity contribution in [3.63, 3.8) is 0 Å². The predicted octanol–water partition coefficient (Wildman–Crippen LogP) is 5.65. The second kappa shape index (κ2) is 13.5. The molecule has 4 fully saturated rings. The van der Waals surface area contributed by atoms with Crippen molar-refractivity contribution in [1.29, 1.82) is 0 Å². The van der Waals surface area contributed by atoms with Crippen LogP contribution in [0.1, 0.15) is 116 Å². The van der Waals surface area contributed by atoms with E-state index in [1.54, 1.807) is 6.08 Å². The van der Waals surface area contributed by atoms with E-state index in [0.29, 0.717) is 55.2 Å². The largest absolute Gasteiger partial charge is 0.478 e. The summed E-state index contributed by atoms with van der Waals surface area (Å²) in [4.78, 5) is 48.8. The van der Waals surface area contributed by atoms with Gasteiger partial charge in [-0.15, -0.1) is 11.8 Å². The van der Waals surface area contributed by atoms with Crippen LogP contribution in [0.5, 0.6) is 0 Å². The number of allylic oxidation sites excluding steroid dienone is 2. The van der Waals surface area contributed by atoms with Crippen molar-refractivity contribution in [2.45, 2.75) is 140 Å². The predicted molar refractivity (Wildman–Crippen MR) is 244 cm³/mol. The van der Waals surface area contributed by atoms with Gasteiger partial charge in [0, 0.05) is 69.8 Å². The van der Waals surface area contributed by atoms with Crippen LogP contribution >= 0.6 is 0 Å². The molecule has 1 aromatic carbocycles. The average Bonchev–Trinajstić information content (AvgIpc) is 3.41. The fraction of sp³-hybridized carbons (Fsp3) is 0.593. The number of aliphatic carboxylic acids is 1. The first-order valence-corrected chi connectivity index (χ1v) is 24.0. The normalized spacial score (nSPS) is 48.2. The van der Waals surface area contributed by atoms with Crippen molar-refractivity contribution in [3.05, 3.63) is 87.6 Å². The lowest BCUT2D eigenvalue weighted by Gasteiger charge is -2.72. The zero-order valence-electron chi connectivity index (χ0n) is 38.0. The molecule has 15 unspecified atom stereocenters. The molecule has 9 N–H and O–H groups in total. The van der Waals surface area contributed by atoms with Crippen molar-refractivity contribution < 1.29 is 39.9 Å². The maximum atomic E-state index is 16.6. The molecule has 0 aromatic heterocycles. The number of ketones is 2. The smallest absolute Gasteiger partial charge is 0.331 e. The number of Topliss-reactive ketones (excluding diaryl/α,β-unsaturated/α-hetero) is 2. The molecule has 65 heavy (non-hydrogen) atoms. The maximum absolute atomic E-state index is 16.6. The first-order chi connectivity index (χ1) is 30.7. The number of nitrogens with zero attached hydrogens (tertiary/aromatic N) is 1. The molecular weight excluding hydrogens is 819 g/mol. The number of fused-ring (bicyclic) bond motifs is 4. The first kappa shape index (κ1) is 43.0. The van der Waals surface area contributed by atoms with Gasteiger partial charge in [-0.3, -0.25) is 9.59 Å². The van der Waals surface area contributed by atoms with Crippen LogP contribution in [0.4, 0.5) is 0 Å². The number of benzene rings is 1. The number of rotatable bonds is 3. The van der Waals surface area contributed by atoms with Gasteiger partial charge in [0.05, 0.1) is 23.3 Å². The highest BCUT2D eigenvalue weighted by Gasteiger charge is 2.86. The van der Waals surface area contributed by atoms with E-state index in [1.807, 2.05) is 31.2 Å². The third-order valence-electron chi connectivity index (χ3n) is 20.3. The van der Waals surface area contributed by atoms with E-state index in [-0.39, 0.29) is 61.6 Å². The topological polar surface area (TPSA) is 217 Å². The Hall–Kier alpha value is -4.60. The molecule has 11 rings (SSSR count). The van der Waals surface area contributed by atoms with Gasteiger partial charge in [-0.2, -0.15) is 0 Å². The van der Waals surface area contributed by atoms with Crippen molar-refractivity contribution >= 4 is 29.6 Å². The molecule has 0 saturated heterocycles. The lowest BCUT2D eigenvalue weighted by atomic mass is 9.31. The summed E-state index contributed by atoms with van der Waals surface area (Å²) in [6, 6.07) is 8.30. The van der Waals surface area contributed by atoms with Crippen LogP contribution in [-0.2, 0) is 20.8 Å². The maximum Gasteiger partial charge on any atom is 0.331 e. The summed E-state index contributed by atoms with van der Waals surface area (Å²) in [6.45, 7) is 7.80. The Morgan fingerprint density at radius 2 is 1.66 bits per heavy atom. The average molecular weight is 882 g/mol. The Bertz CT molecular complexity index is 2640. The van der Waals surface area contributed by atoms with Gasteiger partial charge >= 0.3 is 5.97 Å². The van der Waals surface area contributed by atoms with Crippen LogP contribution in [0.15, 0.2) is 81.4 Å². The number of hydrogen-bond acceptors (Lipinski definition) is 8. The highest BCUT2D eigenvalue weighted by Crippen LogP contribution is 2.86. The van der Waals surface area contributed by atoms with Gasteiger partial charge in [-0.1, -0.05) is 74.9 Å². The molecule has 0 heterocycles. The van der Waals surface area contributed by atoms with Gasteiger partial charge in [-0.05, 0) is 117 Å². The molecule has 0 aliphatic heterocycles. The van der Waals surface area contributed by atoms with Crippen molar-refractivity contribution in [2.75, 3.05) is 0 Å². The summed E-state index contributed by atoms with van der Waals surface area (Å²) >= 11 is 0.